The Bertz CT molecular complexity index is 3140. The summed E-state index contributed by atoms with van der Waals surface area (Å²) >= 11 is 8.81. The molecule has 0 radical (unpaired) electrons. The van der Waals surface area contributed by atoms with Crippen molar-refractivity contribution in [2.45, 2.75) is 103 Å². The first-order valence-electron chi connectivity index (χ1n) is 25.6. The first kappa shape index (κ1) is 56.8. The molecule has 20 nitrogen and oxygen atoms in total. The Morgan fingerprint density at radius 3 is 2.19 bits per heavy atom. The Labute approximate surface area is 464 Å². The van der Waals surface area contributed by atoms with Crippen molar-refractivity contribution in [1.29, 1.82) is 0 Å². The SMILES string of the molecule is Cc1sc2c(c1C)C(c1ccc(Cl)cc1)=N[C@@H](CC(=O)NC[C@H]1NC(=O)CNC(=O)[C@@H](Cc3ccc(-c4ccccc4)cc3)NC(=O)[C@@H]3CCCN3C(=O)C(C(C)(C)C)NC(=O)CSC[C@H](C(N)=O)NC1=O)c1nnc(C)n1-2. The summed E-state index contributed by atoms with van der Waals surface area (Å²) < 4.78 is 1.89. The summed E-state index contributed by atoms with van der Waals surface area (Å²) in [5.41, 5.74) is 10.8. The van der Waals surface area contributed by atoms with Crippen molar-refractivity contribution < 1.29 is 38.4 Å². The van der Waals surface area contributed by atoms with Gasteiger partial charge in [-0.1, -0.05) is 99.1 Å². The van der Waals surface area contributed by atoms with E-state index in [1.165, 1.54) is 4.90 Å². The van der Waals surface area contributed by atoms with Gasteiger partial charge in [0.2, 0.25) is 47.3 Å². The van der Waals surface area contributed by atoms with Gasteiger partial charge in [-0.05, 0) is 73.4 Å². The van der Waals surface area contributed by atoms with Gasteiger partial charge in [-0.2, -0.15) is 0 Å². The number of carbonyl (C=O) groups is 8. The number of aromatic nitrogens is 3. The number of carbonyl (C=O) groups excluding carboxylic acids is 8. The lowest BCUT2D eigenvalue weighted by molar-refractivity contribution is -0.144. The second-order valence-corrected chi connectivity index (χ2v) is 23.3. The van der Waals surface area contributed by atoms with E-state index in [9.17, 15) is 38.4 Å². The topological polar surface area (TPSA) is 281 Å². The first-order chi connectivity index (χ1) is 37.2. The molecule has 3 aliphatic heterocycles. The normalized spacial score (nSPS) is 21.9. The molecule has 2 saturated heterocycles. The maximum Gasteiger partial charge on any atom is 0.246 e. The average molecular weight is 1120 g/mol. The third-order valence-corrected chi connectivity index (χ3v) is 16.4. The Hall–Kier alpha value is -7.43. The van der Waals surface area contributed by atoms with Crippen LogP contribution in [0.1, 0.15) is 84.9 Å². The van der Waals surface area contributed by atoms with Gasteiger partial charge in [0.15, 0.2) is 5.82 Å². The summed E-state index contributed by atoms with van der Waals surface area (Å²) in [5.74, 6) is -5.11. The summed E-state index contributed by atoms with van der Waals surface area (Å²) in [7, 11) is 0. The number of thiophene rings is 1. The van der Waals surface area contributed by atoms with E-state index in [0.717, 1.165) is 49.5 Å². The molecule has 2 aromatic heterocycles. The van der Waals surface area contributed by atoms with Crippen LogP contribution in [0, 0.1) is 26.2 Å². The number of nitrogens with one attached hydrogen (secondary N) is 6. The minimum atomic E-state index is -1.54. The largest absolute Gasteiger partial charge is 0.368 e. The van der Waals surface area contributed by atoms with Crippen molar-refractivity contribution in [3.63, 3.8) is 0 Å². The van der Waals surface area contributed by atoms with E-state index in [-0.39, 0.29) is 30.9 Å². The summed E-state index contributed by atoms with van der Waals surface area (Å²) in [5, 5.41) is 26.3. The highest BCUT2D eigenvalue weighted by Crippen LogP contribution is 2.40. The van der Waals surface area contributed by atoms with Crippen molar-refractivity contribution in [3.8, 4) is 16.1 Å². The van der Waals surface area contributed by atoms with E-state index in [0.29, 0.717) is 40.8 Å². The fourth-order valence-electron chi connectivity index (χ4n) is 9.58. The number of nitrogens with zero attached hydrogens (tertiary/aromatic N) is 5. The summed E-state index contributed by atoms with van der Waals surface area (Å²) in [4.78, 5) is 119. The Morgan fingerprint density at radius 1 is 0.808 bits per heavy atom. The average Bonchev–Trinajstić information content (AvgIpc) is 4.28. The van der Waals surface area contributed by atoms with Crippen LogP contribution in [0.15, 0.2) is 83.9 Å². The van der Waals surface area contributed by atoms with Crippen molar-refractivity contribution in [1.82, 2.24) is 51.6 Å². The second-order valence-electron chi connectivity index (χ2n) is 20.6. The molecule has 2 fully saturated rings. The van der Waals surface area contributed by atoms with E-state index in [2.05, 4.69) is 42.1 Å². The van der Waals surface area contributed by atoms with Crippen LogP contribution in [-0.4, -0.2) is 134 Å². The summed E-state index contributed by atoms with van der Waals surface area (Å²) in [6.07, 6.45) is 0.505. The highest BCUT2D eigenvalue weighted by atomic mass is 35.5. The van der Waals surface area contributed by atoms with Crippen LogP contribution < -0.4 is 37.6 Å². The van der Waals surface area contributed by atoms with Gasteiger partial charge < -0.3 is 42.5 Å². The number of fused-ring (bicyclic) bond motifs is 4. The molecular weight excluding hydrogens is 1060 g/mol. The second kappa shape index (κ2) is 24.5. The quantitative estimate of drug-likeness (QED) is 0.112. The van der Waals surface area contributed by atoms with Crippen LogP contribution in [0.5, 0.6) is 0 Å². The fourth-order valence-corrected chi connectivity index (χ4v) is 11.8. The molecule has 23 heteroatoms. The zero-order valence-corrected chi connectivity index (χ0v) is 46.5. The number of hydrogen-bond donors (Lipinski definition) is 7. The molecule has 0 spiro atoms. The van der Waals surface area contributed by atoms with Gasteiger partial charge in [-0.3, -0.25) is 47.9 Å². The minimum absolute atomic E-state index is 0.00554. The number of amides is 8. The zero-order chi connectivity index (χ0) is 56.0. The van der Waals surface area contributed by atoms with Gasteiger partial charge in [0, 0.05) is 46.3 Å². The predicted molar refractivity (Wildman–Crippen MR) is 298 cm³/mol. The number of aliphatic imine (C=N–C) groups is 1. The van der Waals surface area contributed by atoms with Gasteiger partial charge >= 0.3 is 0 Å². The maximum absolute atomic E-state index is 14.3. The molecule has 3 aliphatic rings. The molecule has 0 bridgehead atoms. The molecule has 0 saturated carbocycles. The summed E-state index contributed by atoms with van der Waals surface area (Å²) in [6.45, 7) is 10.2. The predicted octanol–water partition coefficient (Wildman–Crippen LogP) is 3.54. The number of thioether (sulfide) groups is 1. The number of primary amides is 1. The highest BCUT2D eigenvalue weighted by molar-refractivity contribution is 8.00. The Balaban J connectivity index is 1.06. The molecule has 5 aromatic rings. The van der Waals surface area contributed by atoms with Crippen molar-refractivity contribution >= 4 is 87.7 Å². The van der Waals surface area contributed by atoms with E-state index >= 15 is 0 Å². The van der Waals surface area contributed by atoms with Crippen molar-refractivity contribution in [2.24, 2.45) is 16.1 Å². The van der Waals surface area contributed by atoms with Gasteiger partial charge in [0.1, 0.15) is 47.1 Å². The number of hydrogen-bond acceptors (Lipinski definition) is 13. The van der Waals surface area contributed by atoms with Crippen LogP contribution in [0.25, 0.3) is 16.1 Å². The maximum atomic E-state index is 14.3. The van der Waals surface area contributed by atoms with Crippen molar-refractivity contribution in [3.05, 3.63) is 123 Å². The van der Waals surface area contributed by atoms with Crippen LogP contribution in [0.3, 0.4) is 0 Å². The Kier molecular flexibility index (Phi) is 17.8. The van der Waals surface area contributed by atoms with Crippen molar-refractivity contribution in [2.75, 3.05) is 31.1 Å². The van der Waals surface area contributed by atoms with E-state index in [4.69, 9.17) is 22.3 Å². The van der Waals surface area contributed by atoms with Crippen LogP contribution >= 0.6 is 34.7 Å². The monoisotopic (exact) mass is 1120 g/mol. The molecule has 8 rings (SSSR count). The third kappa shape index (κ3) is 13.3. The molecule has 0 aliphatic carbocycles. The molecule has 5 heterocycles. The third-order valence-electron chi connectivity index (χ3n) is 13.9. The molecule has 8 N–H and O–H groups in total. The number of benzene rings is 3. The molecule has 78 heavy (non-hydrogen) atoms. The molecule has 3 aromatic carbocycles. The van der Waals surface area contributed by atoms with Crippen LogP contribution in [0.4, 0.5) is 0 Å². The molecule has 1 unspecified atom stereocenters. The highest BCUT2D eigenvalue weighted by Gasteiger charge is 2.43. The molecular formula is C55H63ClN12O8S2. The lowest BCUT2D eigenvalue weighted by Crippen LogP contribution is -2.59. The lowest BCUT2D eigenvalue weighted by atomic mass is 9.85. The van der Waals surface area contributed by atoms with Gasteiger partial charge in [0.25, 0.3) is 0 Å². The van der Waals surface area contributed by atoms with Crippen LogP contribution in [0.2, 0.25) is 5.02 Å². The standard InChI is InChI=1S/C55H63ClN12O8S2/c1-29-30(2)78-54-45(29)46(35-18-20-36(56)21-19-35)61-37(49-66-65-31(3)68(49)54)24-42(69)58-25-39-51(74)63-40(48(57)72)27-77-28-44(71)64-47(55(4,5)6)53(76)67-22-10-13-41(67)52(75)62-38(50(73)59-26-43(70)60-39)23-32-14-16-34(17-15-32)33-11-8-7-9-12-33/h7-9,11-12,14-21,37-41,47H,10,13,22-28H2,1-6H3,(H2,57,72)(H,58,69)(H,59,73)(H,60,70)(H,62,75)(H,63,74)(H,64,71)/t37-,38+,39+,40+,41-,47?/m0/s1. The molecule has 8 amide bonds. The van der Waals surface area contributed by atoms with Crippen LogP contribution in [-0.2, 0) is 44.8 Å². The minimum Gasteiger partial charge on any atom is -0.368 e. The summed E-state index contributed by atoms with van der Waals surface area (Å²) in [6, 6.07) is 17.3. The Morgan fingerprint density at radius 2 is 1.50 bits per heavy atom. The number of nitrogens with two attached hydrogens (primary N) is 1. The van der Waals surface area contributed by atoms with Gasteiger partial charge in [0.05, 0.1) is 24.4 Å². The van der Waals surface area contributed by atoms with E-state index in [1.54, 1.807) is 44.2 Å². The smallest absolute Gasteiger partial charge is 0.246 e. The van der Waals surface area contributed by atoms with E-state index in [1.807, 2.05) is 92.1 Å². The first-order valence-corrected chi connectivity index (χ1v) is 27.9. The molecule has 410 valence electrons. The number of rotatable bonds is 9. The van der Waals surface area contributed by atoms with Gasteiger partial charge in [-0.15, -0.1) is 33.3 Å². The van der Waals surface area contributed by atoms with E-state index < -0.39 is 102 Å². The fraction of sp³-hybridized carbons (Fsp3) is 0.400. The molecule has 6 atom stereocenters. The number of halogens is 1. The number of aryl methyl sites for hydroxylation is 2. The van der Waals surface area contributed by atoms with Gasteiger partial charge in [-0.25, -0.2) is 0 Å². The zero-order valence-electron chi connectivity index (χ0n) is 44.1. The lowest BCUT2D eigenvalue weighted by Gasteiger charge is -2.35.